The van der Waals surface area contributed by atoms with Crippen LogP contribution in [0.25, 0.3) is 0 Å². The summed E-state index contributed by atoms with van der Waals surface area (Å²) in [6.45, 7) is 4.28. The molecule has 164 valence electrons. The van der Waals surface area contributed by atoms with Gasteiger partial charge in [-0.1, -0.05) is 60.3 Å². The molecule has 2 heterocycles. The lowest BCUT2D eigenvalue weighted by molar-refractivity contribution is -0.116. The minimum Gasteiger partial charge on any atom is -0.493 e. The number of nitrogens with zero attached hydrogens (tertiary/aromatic N) is 2. The number of benzene rings is 2. The SMILES string of the molecule is C=CCSc1nc(=O)c2c(n1C)NC(=O)C[C@@H]2c1ccc(OCCc2ccccc2)cc1. The first-order valence-corrected chi connectivity index (χ1v) is 11.5. The van der Waals surface area contributed by atoms with Crippen LogP contribution in [0.4, 0.5) is 5.82 Å². The van der Waals surface area contributed by atoms with Gasteiger partial charge in [0.2, 0.25) is 5.91 Å². The van der Waals surface area contributed by atoms with Crippen molar-refractivity contribution < 1.29 is 9.53 Å². The molecule has 0 aliphatic carbocycles. The number of hydrogen-bond acceptors (Lipinski definition) is 5. The van der Waals surface area contributed by atoms with E-state index in [0.29, 0.717) is 28.9 Å². The van der Waals surface area contributed by atoms with Crippen molar-refractivity contribution in [2.24, 2.45) is 7.05 Å². The Hall–Kier alpha value is -3.32. The Labute approximate surface area is 191 Å². The van der Waals surface area contributed by atoms with Gasteiger partial charge < -0.3 is 14.6 Å². The number of carbonyl (C=O) groups excluding carboxylic acids is 1. The average Bonchev–Trinajstić information content (AvgIpc) is 2.81. The molecular weight excluding hydrogens is 422 g/mol. The summed E-state index contributed by atoms with van der Waals surface area (Å²) in [7, 11) is 1.81. The molecule has 2 aromatic carbocycles. The number of hydrogen-bond donors (Lipinski definition) is 1. The third-order valence-electron chi connectivity index (χ3n) is 5.42. The molecule has 1 aliphatic rings. The largest absolute Gasteiger partial charge is 0.493 e. The van der Waals surface area contributed by atoms with Gasteiger partial charge in [-0.2, -0.15) is 4.98 Å². The number of anilines is 1. The average molecular weight is 448 g/mol. The summed E-state index contributed by atoms with van der Waals surface area (Å²) in [5.41, 5.74) is 2.33. The third-order valence-corrected chi connectivity index (χ3v) is 6.44. The molecule has 0 bridgehead atoms. The van der Waals surface area contributed by atoms with Crippen molar-refractivity contribution in [1.82, 2.24) is 9.55 Å². The number of aromatic nitrogens is 2. The molecule has 1 aliphatic heterocycles. The third kappa shape index (κ3) is 4.78. The molecular formula is C25H25N3O3S. The predicted octanol–water partition coefficient (Wildman–Crippen LogP) is 4.15. The van der Waals surface area contributed by atoms with Gasteiger partial charge in [0.25, 0.3) is 5.56 Å². The number of ether oxygens (including phenoxy) is 1. The molecule has 1 amide bonds. The molecule has 0 unspecified atom stereocenters. The number of fused-ring (bicyclic) bond motifs is 1. The van der Waals surface area contributed by atoms with Gasteiger partial charge in [-0.05, 0) is 23.3 Å². The quantitative estimate of drug-likeness (QED) is 0.319. The molecule has 1 N–H and O–H groups in total. The van der Waals surface area contributed by atoms with Gasteiger partial charge in [0, 0.05) is 31.6 Å². The van der Waals surface area contributed by atoms with Gasteiger partial charge in [0.05, 0.1) is 12.2 Å². The summed E-state index contributed by atoms with van der Waals surface area (Å²) in [4.78, 5) is 29.6. The van der Waals surface area contributed by atoms with E-state index in [0.717, 1.165) is 17.7 Å². The van der Waals surface area contributed by atoms with E-state index in [2.05, 4.69) is 29.0 Å². The van der Waals surface area contributed by atoms with Crippen LogP contribution in [0.2, 0.25) is 0 Å². The lowest BCUT2D eigenvalue weighted by atomic mass is 9.87. The molecule has 7 heteroatoms. The zero-order valence-corrected chi connectivity index (χ0v) is 18.7. The second kappa shape index (κ2) is 9.87. The molecule has 32 heavy (non-hydrogen) atoms. The minimum atomic E-state index is -0.346. The number of thioether (sulfide) groups is 1. The Morgan fingerprint density at radius 3 is 2.66 bits per heavy atom. The highest BCUT2D eigenvalue weighted by Gasteiger charge is 2.32. The van der Waals surface area contributed by atoms with Crippen LogP contribution in [0.1, 0.15) is 29.0 Å². The Morgan fingerprint density at radius 2 is 1.94 bits per heavy atom. The Morgan fingerprint density at radius 1 is 1.19 bits per heavy atom. The summed E-state index contributed by atoms with van der Waals surface area (Å²) in [6, 6.07) is 17.8. The van der Waals surface area contributed by atoms with Crippen LogP contribution in [-0.4, -0.2) is 27.8 Å². The number of amides is 1. The first kappa shape index (κ1) is 21.9. The molecule has 0 spiro atoms. The Kier molecular flexibility index (Phi) is 6.75. The van der Waals surface area contributed by atoms with Crippen molar-refractivity contribution in [3.8, 4) is 5.75 Å². The van der Waals surface area contributed by atoms with E-state index in [9.17, 15) is 9.59 Å². The molecule has 0 saturated carbocycles. The van der Waals surface area contributed by atoms with E-state index in [1.807, 2.05) is 49.5 Å². The number of carbonyl (C=O) groups is 1. The van der Waals surface area contributed by atoms with Crippen molar-refractivity contribution in [3.05, 3.63) is 94.3 Å². The summed E-state index contributed by atoms with van der Waals surface area (Å²) >= 11 is 1.41. The number of nitrogens with one attached hydrogen (secondary N) is 1. The van der Waals surface area contributed by atoms with Crippen LogP contribution in [0.15, 0.2) is 77.2 Å². The van der Waals surface area contributed by atoms with Gasteiger partial charge in [-0.15, -0.1) is 6.58 Å². The Bertz CT molecular complexity index is 1170. The maximum absolute atomic E-state index is 12.9. The number of rotatable bonds is 8. The van der Waals surface area contributed by atoms with E-state index >= 15 is 0 Å². The van der Waals surface area contributed by atoms with E-state index in [1.54, 1.807) is 10.6 Å². The highest BCUT2D eigenvalue weighted by Crippen LogP contribution is 2.36. The van der Waals surface area contributed by atoms with Gasteiger partial charge >= 0.3 is 0 Å². The van der Waals surface area contributed by atoms with E-state index in [1.165, 1.54) is 17.3 Å². The fraction of sp³-hybridized carbons (Fsp3) is 0.240. The van der Waals surface area contributed by atoms with Crippen molar-refractivity contribution in [2.75, 3.05) is 17.7 Å². The first-order chi connectivity index (χ1) is 15.6. The molecule has 1 atom stereocenters. The Balaban J connectivity index is 1.54. The molecule has 3 aromatic rings. The monoisotopic (exact) mass is 447 g/mol. The van der Waals surface area contributed by atoms with Crippen molar-refractivity contribution in [1.29, 1.82) is 0 Å². The molecule has 0 saturated heterocycles. The highest BCUT2D eigenvalue weighted by atomic mass is 32.2. The van der Waals surface area contributed by atoms with Crippen LogP contribution in [0, 0.1) is 0 Å². The molecule has 6 nitrogen and oxygen atoms in total. The van der Waals surface area contributed by atoms with Crippen LogP contribution in [0.5, 0.6) is 5.75 Å². The zero-order valence-electron chi connectivity index (χ0n) is 17.9. The fourth-order valence-corrected chi connectivity index (χ4v) is 4.51. The highest BCUT2D eigenvalue weighted by molar-refractivity contribution is 7.99. The molecule has 4 rings (SSSR count). The van der Waals surface area contributed by atoms with Gasteiger partial charge in [0.1, 0.15) is 11.6 Å². The van der Waals surface area contributed by atoms with Crippen LogP contribution in [0.3, 0.4) is 0 Å². The van der Waals surface area contributed by atoms with E-state index in [4.69, 9.17) is 4.74 Å². The second-order valence-corrected chi connectivity index (χ2v) is 8.57. The summed E-state index contributed by atoms with van der Waals surface area (Å²) in [6.07, 6.45) is 2.78. The normalized spacial score (nSPS) is 15.0. The van der Waals surface area contributed by atoms with Gasteiger partial charge in [-0.3, -0.25) is 9.59 Å². The minimum absolute atomic E-state index is 0.119. The topological polar surface area (TPSA) is 73.2 Å². The van der Waals surface area contributed by atoms with Crippen molar-refractivity contribution in [3.63, 3.8) is 0 Å². The van der Waals surface area contributed by atoms with Gasteiger partial charge in [-0.25, -0.2) is 0 Å². The van der Waals surface area contributed by atoms with E-state index in [-0.39, 0.29) is 23.8 Å². The lowest BCUT2D eigenvalue weighted by Crippen LogP contribution is -2.33. The molecule has 0 radical (unpaired) electrons. The smallest absolute Gasteiger partial charge is 0.279 e. The van der Waals surface area contributed by atoms with Crippen molar-refractivity contribution in [2.45, 2.75) is 23.9 Å². The van der Waals surface area contributed by atoms with Crippen molar-refractivity contribution >= 4 is 23.5 Å². The predicted molar refractivity (Wildman–Crippen MR) is 128 cm³/mol. The lowest BCUT2D eigenvalue weighted by Gasteiger charge is -2.27. The van der Waals surface area contributed by atoms with E-state index < -0.39 is 0 Å². The molecule has 1 aromatic heterocycles. The second-order valence-electron chi connectivity index (χ2n) is 7.58. The standard InChI is InChI=1S/C25H25N3O3S/c1-3-15-32-25-27-24(30)22-20(16-21(29)26-23(22)28(25)2)18-9-11-19(12-10-18)31-14-13-17-7-5-4-6-8-17/h3-12,20H,1,13-16H2,2H3,(H,26,29)/t20-/m1/s1. The summed E-state index contributed by atoms with van der Waals surface area (Å²) < 4.78 is 7.64. The fourth-order valence-electron chi connectivity index (χ4n) is 3.81. The first-order valence-electron chi connectivity index (χ1n) is 10.5. The summed E-state index contributed by atoms with van der Waals surface area (Å²) in [5, 5.41) is 3.41. The zero-order chi connectivity index (χ0) is 22.5. The van der Waals surface area contributed by atoms with Crippen LogP contribution >= 0.6 is 11.8 Å². The van der Waals surface area contributed by atoms with Gasteiger partial charge in [0.15, 0.2) is 5.16 Å². The molecule has 0 fully saturated rings. The summed E-state index contributed by atoms with van der Waals surface area (Å²) in [5.74, 6) is 1.43. The maximum atomic E-state index is 12.9. The van der Waals surface area contributed by atoms with Crippen LogP contribution < -0.4 is 15.6 Å². The van der Waals surface area contributed by atoms with Crippen LogP contribution in [-0.2, 0) is 18.3 Å². The maximum Gasteiger partial charge on any atom is 0.279 e.